The number of anilines is 2. The number of nitrogens with zero attached hydrogens (tertiary/aromatic N) is 3. The van der Waals surface area contributed by atoms with Crippen LogP contribution < -0.4 is 15.5 Å². The van der Waals surface area contributed by atoms with E-state index < -0.39 is 14.6 Å². The van der Waals surface area contributed by atoms with Gasteiger partial charge in [0.1, 0.15) is 10.6 Å². The van der Waals surface area contributed by atoms with E-state index in [1.165, 1.54) is 6.26 Å². The lowest BCUT2D eigenvalue weighted by Gasteiger charge is -2.30. The van der Waals surface area contributed by atoms with E-state index in [1.54, 1.807) is 51.2 Å². The summed E-state index contributed by atoms with van der Waals surface area (Å²) in [5.74, 6) is 1.10. The molecular weight excluding hydrogens is 406 g/mol. The number of hydrogen-bond acceptors (Lipinski definition) is 7. The van der Waals surface area contributed by atoms with Gasteiger partial charge in [0.15, 0.2) is 15.7 Å². The molecule has 0 spiro atoms. The van der Waals surface area contributed by atoms with Crippen molar-refractivity contribution in [2.24, 2.45) is 0 Å². The van der Waals surface area contributed by atoms with E-state index in [1.807, 2.05) is 0 Å². The smallest absolute Gasteiger partial charge is 0.318 e. The molecule has 10 heteroatoms. The van der Waals surface area contributed by atoms with Crippen LogP contribution in [-0.2, 0) is 19.3 Å². The number of amides is 2. The van der Waals surface area contributed by atoms with Gasteiger partial charge in [0, 0.05) is 43.7 Å². The van der Waals surface area contributed by atoms with Crippen LogP contribution in [0.3, 0.4) is 0 Å². The Kier molecular flexibility index (Phi) is 6.27. The molecule has 1 aliphatic heterocycles. The molecule has 1 saturated heterocycles. The Morgan fingerprint density at radius 3 is 2.33 bits per heavy atom. The van der Waals surface area contributed by atoms with Gasteiger partial charge in [0.05, 0.1) is 18.9 Å². The van der Waals surface area contributed by atoms with E-state index in [-0.39, 0.29) is 6.03 Å². The first-order valence-corrected chi connectivity index (χ1v) is 11.5. The summed E-state index contributed by atoms with van der Waals surface area (Å²) in [6, 6.07) is 8.51. The molecule has 2 amide bonds. The zero-order valence-corrected chi connectivity index (χ0v) is 18.4. The van der Waals surface area contributed by atoms with Crippen LogP contribution >= 0.6 is 0 Å². The number of nitrogens with one attached hydrogen (secondary N) is 2. The Hall–Kier alpha value is -2.72. The van der Waals surface area contributed by atoms with Crippen LogP contribution in [0.25, 0.3) is 11.4 Å². The van der Waals surface area contributed by atoms with Crippen LogP contribution in [0.15, 0.2) is 30.3 Å². The van der Waals surface area contributed by atoms with E-state index in [4.69, 9.17) is 9.72 Å². The van der Waals surface area contributed by atoms with Crippen molar-refractivity contribution >= 4 is 27.4 Å². The summed E-state index contributed by atoms with van der Waals surface area (Å²) in [6.45, 7) is 5.81. The van der Waals surface area contributed by atoms with Crippen molar-refractivity contribution in [2.75, 3.05) is 49.8 Å². The van der Waals surface area contributed by atoms with Crippen molar-refractivity contribution < 1.29 is 17.9 Å². The quantitative estimate of drug-likeness (QED) is 0.741. The molecule has 2 heterocycles. The van der Waals surface area contributed by atoms with Crippen LogP contribution in [0.5, 0.6) is 0 Å². The third-order valence-corrected chi connectivity index (χ3v) is 7.28. The summed E-state index contributed by atoms with van der Waals surface area (Å²) in [5, 5.41) is 5.19. The van der Waals surface area contributed by atoms with E-state index in [9.17, 15) is 13.2 Å². The van der Waals surface area contributed by atoms with Gasteiger partial charge >= 0.3 is 6.03 Å². The summed E-state index contributed by atoms with van der Waals surface area (Å²) in [7, 11) is -1.87. The van der Waals surface area contributed by atoms with Crippen molar-refractivity contribution in [1.82, 2.24) is 15.3 Å². The Bertz CT molecular complexity index is 1020. The zero-order valence-electron chi connectivity index (χ0n) is 17.6. The molecule has 0 radical (unpaired) electrons. The predicted octanol–water partition coefficient (Wildman–Crippen LogP) is 2.01. The van der Waals surface area contributed by atoms with E-state index in [0.29, 0.717) is 49.3 Å². The topological polar surface area (TPSA) is 114 Å². The monoisotopic (exact) mass is 433 g/mol. The largest absolute Gasteiger partial charge is 0.378 e. The lowest BCUT2D eigenvalue weighted by molar-refractivity contribution is 0.122. The minimum absolute atomic E-state index is 0.314. The van der Waals surface area contributed by atoms with Crippen molar-refractivity contribution in [3.63, 3.8) is 0 Å². The van der Waals surface area contributed by atoms with Crippen molar-refractivity contribution in [1.29, 1.82) is 0 Å². The first kappa shape index (κ1) is 22.0. The van der Waals surface area contributed by atoms with Gasteiger partial charge in [-0.05, 0) is 38.1 Å². The number of ether oxygens (including phenoxy) is 1. The molecule has 9 nitrogen and oxygen atoms in total. The summed E-state index contributed by atoms with van der Waals surface area (Å²) in [4.78, 5) is 22.8. The Morgan fingerprint density at radius 1 is 1.13 bits per heavy atom. The molecule has 1 aromatic carbocycles. The summed E-state index contributed by atoms with van der Waals surface area (Å²) < 4.78 is 29.1. The van der Waals surface area contributed by atoms with Crippen LogP contribution in [-0.4, -0.2) is 64.0 Å². The van der Waals surface area contributed by atoms with Gasteiger partial charge in [0.25, 0.3) is 0 Å². The third kappa shape index (κ3) is 4.71. The maximum absolute atomic E-state index is 12.4. The fourth-order valence-electron chi connectivity index (χ4n) is 2.91. The van der Waals surface area contributed by atoms with Crippen LogP contribution in [0.4, 0.5) is 16.3 Å². The number of carbonyl (C=O) groups is 1. The van der Waals surface area contributed by atoms with Crippen LogP contribution in [0, 0.1) is 0 Å². The normalized spacial score (nSPS) is 15.0. The molecule has 30 heavy (non-hydrogen) atoms. The van der Waals surface area contributed by atoms with Crippen molar-refractivity contribution in [2.45, 2.75) is 18.6 Å². The molecule has 0 saturated carbocycles. The second kappa shape index (κ2) is 8.57. The van der Waals surface area contributed by atoms with Gasteiger partial charge in [0.2, 0.25) is 0 Å². The number of hydrogen-bond donors (Lipinski definition) is 2. The molecular formula is C20H27N5O4S. The minimum atomic E-state index is -3.41. The Balaban J connectivity index is 2.04. The molecule has 162 valence electrons. The predicted molar refractivity (Wildman–Crippen MR) is 116 cm³/mol. The number of urea groups is 1. The third-order valence-electron chi connectivity index (χ3n) is 5.22. The standard InChI is InChI=1S/C20H27N5O4S/c1-20(2,30(4,27)28)16-13-17(25-9-11-29-12-10-25)24-18(23-16)14-5-7-15(8-6-14)22-19(26)21-3/h5-8,13H,9-12H2,1-4H3,(H2,21,22,26). The summed E-state index contributed by atoms with van der Waals surface area (Å²) in [6.07, 6.45) is 1.21. The molecule has 2 aromatic rings. The number of morpholine rings is 1. The second-order valence-electron chi connectivity index (χ2n) is 7.60. The van der Waals surface area contributed by atoms with Gasteiger partial charge in [-0.25, -0.2) is 23.2 Å². The molecule has 2 N–H and O–H groups in total. The molecule has 1 aromatic heterocycles. The maximum atomic E-state index is 12.4. The highest BCUT2D eigenvalue weighted by molar-refractivity contribution is 7.91. The fourth-order valence-corrected chi connectivity index (χ4v) is 3.40. The van der Waals surface area contributed by atoms with Gasteiger partial charge < -0.3 is 20.3 Å². The van der Waals surface area contributed by atoms with E-state index in [2.05, 4.69) is 20.5 Å². The van der Waals surface area contributed by atoms with Gasteiger partial charge in [-0.3, -0.25) is 0 Å². The van der Waals surface area contributed by atoms with Crippen molar-refractivity contribution in [3.05, 3.63) is 36.0 Å². The van der Waals surface area contributed by atoms with Crippen molar-refractivity contribution in [3.8, 4) is 11.4 Å². The lowest BCUT2D eigenvalue weighted by atomic mass is 10.1. The summed E-state index contributed by atoms with van der Waals surface area (Å²) >= 11 is 0. The highest BCUT2D eigenvalue weighted by Gasteiger charge is 2.35. The van der Waals surface area contributed by atoms with Gasteiger partial charge in [-0.15, -0.1) is 0 Å². The summed E-state index contributed by atoms with van der Waals surface area (Å²) in [5.41, 5.74) is 1.78. The lowest BCUT2D eigenvalue weighted by Crippen LogP contribution is -2.37. The first-order valence-electron chi connectivity index (χ1n) is 9.63. The van der Waals surface area contributed by atoms with Gasteiger partial charge in [-0.2, -0.15) is 0 Å². The molecule has 1 fully saturated rings. The highest BCUT2D eigenvalue weighted by Crippen LogP contribution is 2.32. The van der Waals surface area contributed by atoms with Crippen LogP contribution in [0.2, 0.25) is 0 Å². The average Bonchev–Trinajstić information content (AvgIpc) is 2.73. The number of benzene rings is 1. The Labute approximate surface area is 176 Å². The Morgan fingerprint density at radius 2 is 1.77 bits per heavy atom. The molecule has 1 aliphatic rings. The van der Waals surface area contributed by atoms with Gasteiger partial charge in [-0.1, -0.05) is 0 Å². The van der Waals surface area contributed by atoms with E-state index >= 15 is 0 Å². The first-order chi connectivity index (χ1) is 14.1. The molecule has 0 bridgehead atoms. The SMILES string of the molecule is CNC(=O)Nc1ccc(-c2nc(N3CCOCC3)cc(C(C)(C)S(C)(=O)=O)n2)cc1. The number of rotatable bonds is 5. The molecule has 0 unspecified atom stereocenters. The fraction of sp³-hybridized carbons (Fsp3) is 0.450. The number of sulfone groups is 1. The second-order valence-corrected chi connectivity index (χ2v) is 10.2. The highest BCUT2D eigenvalue weighted by atomic mass is 32.2. The minimum Gasteiger partial charge on any atom is -0.378 e. The molecule has 0 aliphatic carbocycles. The van der Waals surface area contributed by atoms with Crippen LogP contribution in [0.1, 0.15) is 19.5 Å². The number of carbonyl (C=O) groups excluding carboxylic acids is 1. The zero-order chi connectivity index (χ0) is 21.9. The van der Waals surface area contributed by atoms with E-state index in [0.717, 1.165) is 5.56 Å². The maximum Gasteiger partial charge on any atom is 0.318 e. The molecule has 3 rings (SSSR count). The number of aromatic nitrogens is 2. The average molecular weight is 434 g/mol. The molecule has 0 atom stereocenters.